The summed E-state index contributed by atoms with van der Waals surface area (Å²) < 4.78 is 16.8. The van der Waals surface area contributed by atoms with E-state index < -0.39 is 0 Å². The molecule has 1 atom stereocenters. The van der Waals surface area contributed by atoms with Crippen LogP contribution >= 0.6 is 11.6 Å². The summed E-state index contributed by atoms with van der Waals surface area (Å²) in [6, 6.07) is 7.82. The minimum absolute atomic E-state index is 0.0648. The van der Waals surface area contributed by atoms with Gasteiger partial charge in [-0.2, -0.15) is 0 Å². The lowest BCUT2D eigenvalue weighted by atomic mass is 9.64. The number of aromatic nitrogens is 2. The number of rotatable bonds is 7. The zero-order valence-electron chi connectivity index (χ0n) is 15.7. The van der Waals surface area contributed by atoms with Crippen LogP contribution in [0.2, 0.25) is 5.02 Å². The van der Waals surface area contributed by atoms with Crippen LogP contribution in [-0.4, -0.2) is 48.6 Å². The van der Waals surface area contributed by atoms with E-state index in [2.05, 4.69) is 15.5 Å². The first-order valence-electron chi connectivity index (χ1n) is 9.71. The number of amides is 1. The topological polar surface area (TPSA) is 86.5 Å². The van der Waals surface area contributed by atoms with E-state index in [4.69, 9.17) is 25.5 Å². The van der Waals surface area contributed by atoms with Crippen LogP contribution < -0.4 is 5.32 Å². The molecule has 0 radical (unpaired) electrons. The number of aryl methyl sites for hydroxylation is 1. The first-order valence-corrected chi connectivity index (χ1v) is 10.1. The fourth-order valence-corrected chi connectivity index (χ4v) is 3.79. The van der Waals surface area contributed by atoms with Gasteiger partial charge in [0.25, 0.3) is 0 Å². The number of benzene rings is 1. The average molecular weight is 406 g/mol. The van der Waals surface area contributed by atoms with Gasteiger partial charge >= 0.3 is 0 Å². The fourth-order valence-electron chi connectivity index (χ4n) is 3.66. The van der Waals surface area contributed by atoms with Crippen molar-refractivity contribution in [3.8, 4) is 0 Å². The lowest BCUT2D eigenvalue weighted by Gasteiger charge is -2.39. The van der Waals surface area contributed by atoms with Gasteiger partial charge < -0.3 is 19.2 Å². The standard InChI is InChI=1S/C20H24ClN3O4/c21-15-4-2-14(3-5-15)20(8-1-9-20)19-24-23-18(28-19)7-6-17(25)22-12-16-13-26-10-11-27-16/h2-5,16H,1,6-13H2,(H,22,25)/t16-/m0/s1. The molecule has 8 heteroatoms. The molecule has 0 spiro atoms. The van der Waals surface area contributed by atoms with Crippen LogP contribution in [0.1, 0.15) is 43.0 Å². The van der Waals surface area contributed by atoms with Gasteiger partial charge in [0.05, 0.1) is 31.3 Å². The van der Waals surface area contributed by atoms with Crippen molar-refractivity contribution in [3.63, 3.8) is 0 Å². The molecule has 0 bridgehead atoms. The van der Waals surface area contributed by atoms with Crippen LogP contribution in [-0.2, 0) is 26.1 Å². The Balaban J connectivity index is 1.32. The molecule has 150 valence electrons. The highest BCUT2D eigenvalue weighted by atomic mass is 35.5. The Morgan fingerprint density at radius 2 is 2.04 bits per heavy atom. The van der Waals surface area contributed by atoms with Gasteiger partial charge in [-0.25, -0.2) is 0 Å². The highest BCUT2D eigenvalue weighted by molar-refractivity contribution is 6.30. The summed E-state index contributed by atoms with van der Waals surface area (Å²) >= 11 is 6.02. The summed E-state index contributed by atoms with van der Waals surface area (Å²) in [6.07, 6.45) is 3.70. The molecule has 1 N–H and O–H groups in total. The van der Waals surface area contributed by atoms with E-state index in [0.717, 1.165) is 24.8 Å². The van der Waals surface area contributed by atoms with E-state index in [-0.39, 0.29) is 17.4 Å². The van der Waals surface area contributed by atoms with E-state index >= 15 is 0 Å². The van der Waals surface area contributed by atoms with Crippen LogP contribution in [0.5, 0.6) is 0 Å². The van der Waals surface area contributed by atoms with Crippen LogP contribution in [0.25, 0.3) is 0 Å². The van der Waals surface area contributed by atoms with Gasteiger partial charge in [-0.1, -0.05) is 30.2 Å². The molecule has 1 aromatic heterocycles. The Kier molecular flexibility index (Phi) is 5.94. The van der Waals surface area contributed by atoms with Crippen molar-refractivity contribution in [2.45, 2.75) is 43.6 Å². The van der Waals surface area contributed by atoms with Crippen molar-refractivity contribution in [1.29, 1.82) is 0 Å². The van der Waals surface area contributed by atoms with Crippen molar-refractivity contribution in [3.05, 3.63) is 46.6 Å². The first kappa shape index (κ1) is 19.4. The number of hydrogen-bond acceptors (Lipinski definition) is 6. The van der Waals surface area contributed by atoms with Crippen LogP contribution in [0.15, 0.2) is 28.7 Å². The molecular weight excluding hydrogens is 382 g/mol. The Morgan fingerprint density at radius 3 is 2.71 bits per heavy atom. The summed E-state index contributed by atoms with van der Waals surface area (Å²) in [5, 5.41) is 12.0. The highest BCUT2D eigenvalue weighted by Gasteiger charge is 2.45. The predicted molar refractivity (Wildman–Crippen MR) is 102 cm³/mol. The summed E-state index contributed by atoms with van der Waals surface area (Å²) in [5.41, 5.74) is 0.918. The van der Waals surface area contributed by atoms with Gasteiger partial charge in [0.15, 0.2) is 0 Å². The zero-order valence-corrected chi connectivity index (χ0v) is 16.4. The number of nitrogens with zero attached hydrogens (tertiary/aromatic N) is 2. The third-order valence-electron chi connectivity index (χ3n) is 5.46. The average Bonchev–Trinajstić information content (AvgIpc) is 3.15. The molecule has 0 unspecified atom stereocenters. The van der Waals surface area contributed by atoms with E-state index in [1.165, 1.54) is 0 Å². The van der Waals surface area contributed by atoms with Crippen molar-refractivity contribution in [1.82, 2.24) is 15.5 Å². The third-order valence-corrected chi connectivity index (χ3v) is 5.71. The molecular formula is C20H24ClN3O4. The Labute approximate surface area is 168 Å². The zero-order chi connectivity index (χ0) is 19.4. The molecule has 2 aromatic rings. The molecule has 2 fully saturated rings. The lowest BCUT2D eigenvalue weighted by Crippen LogP contribution is -2.39. The van der Waals surface area contributed by atoms with Crippen molar-refractivity contribution >= 4 is 17.5 Å². The molecule has 2 heterocycles. The van der Waals surface area contributed by atoms with E-state index in [9.17, 15) is 4.79 Å². The predicted octanol–water partition coefficient (Wildman–Crippen LogP) is 2.66. The van der Waals surface area contributed by atoms with E-state index in [1.54, 1.807) is 0 Å². The van der Waals surface area contributed by atoms with Crippen LogP contribution in [0.3, 0.4) is 0 Å². The van der Waals surface area contributed by atoms with Crippen LogP contribution in [0.4, 0.5) is 0 Å². The van der Waals surface area contributed by atoms with Crippen molar-refractivity contribution in [2.75, 3.05) is 26.4 Å². The minimum atomic E-state index is -0.226. The normalized spacial score (nSPS) is 21.1. The number of carbonyl (C=O) groups is 1. The molecule has 28 heavy (non-hydrogen) atoms. The molecule has 1 saturated carbocycles. The van der Waals surface area contributed by atoms with Gasteiger partial charge in [0.2, 0.25) is 17.7 Å². The minimum Gasteiger partial charge on any atom is -0.424 e. The molecule has 1 aliphatic carbocycles. The SMILES string of the molecule is O=C(CCc1nnc(C2(c3ccc(Cl)cc3)CCC2)o1)NC[C@H]1COCCO1. The maximum absolute atomic E-state index is 12.1. The lowest BCUT2D eigenvalue weighted by molar-refractivity contribution is -0.124. The maximum Gasteiger partial charge on any atom is 0.227 e. The third kappa shape index (κ3) is 4.21. The maximum atomic E-state index is 12.1. The highest BCUT2D eigenvalue weighted by Crippen LogP contribution is 2.48. The van der Waals surface area contributed by atoms with Gasteiger partial charge in [0, 0.05) is 24.4 Å². The fraction of sp³-hybridized carbons (Fsp3) is 0.550. The summed E-state index contributed by atoms with van der Waals surface area (Å²) in [5.74, 6) is 1.05. The summed E-state index contributed by atoms with van der Waals surface area (Å²) in [7, 11) is 0. The van der Waals surface area contributed by atoms with E-state index in [1.807, 2.05) is 24.3 Å². The monoisotopic (exact) mass is 405 g/mol. The summed E-state index contributed by atoms with van der Waals surface area (Å²) in [4.78, 5) is 12.1. The number of ether oxygens (including phenoxy) is 2. The Hall–Kier alpha value is -1.96. The molecule has 1 saturated heterocycles. The quantitative estimate of drug-likeness (QED) is 0.762. The Bertz CT molecular complexity index is 798. The van der Waals surface area contributed by atoms with E-state index in [0.29, 0.717) is 56.0 Å². The first-order chi connectivity index (χ1) is 13.7. The summed E-state index contributed by atoms with van der Waals surface area (Å²) in [6.45, 7) is 2.15. The number of nitrogens with one attached hydrogen (secondary N) is 1. The number of halogens is 1. The number of hydrogen-bond donors (Lipinski definition) is 1. The van der Waals surface area contributed by atoms with Gasteiger partial charge in [0.1, 0.15) is 0 Å². The second kappa shape index (κ2) is 8.59. The molecule has 2 aliphatic rings. The molecule has 4 rings (SSSR count). The molecule has 1 aromatic carbocycles. The smallest absolute Gasteiger partial charge is 0.227 e. The van der Waals surface area contributed by atoms with Gasteiger partial charge in [-0.15, -0.1) is 10.2 Å². The van der Waals surface area contributed by atoms with Gasteiger partial charge in [-0.3, -0.25) is 4.79 Å². The van der Waals surface area contributed by atoms with Crippen LogP contribution in [0, 0.1) is 0 Å². The van der Waals surface area contributed by atoms with Gasteiger partial charge in [-0.05, 0) is 30.5 Å². The molecule has 1 aliphatic heterocycles. The van der Waals surface area contributed by atoms with Crippen molar-refractivity contribution in [2.24, 2.45) is 0 Å². The molecule has 7 nitrogen and oxygen atoms in total. The second-order valence-corrected chi connectivity index (χ2v) is 7.75. The molecule has 1 amide bonds. The Morgan fingerprint density at radius 1 is 1.21 bits per heavy atom. The van der Waals surface area contributed by atoms with Crippen molar-refractivity contribution < 1.29 is 18.7 Å². The largest absolute Gasteiger partial charge is 0.424 e. The second-order valence-electron chi connectivity index (χ2n) is 7.32. The number of carbonyl (C=O) groups excluding carboxylic acids is 1.